The summed E-state index contributed by atoms with van der Waals surface area (Å²) in [6.07, 6.45) is 1.16. The molecular weight excluding hydrogens is 234 g/mol. The lowest BCUT2D eigenvalue weighted by Gasteiger charge is -2.19. The molecule has 0 fully saturated rings. The Kier molecular flexibility index (Phi) is 4.85. The van der Waals surface area contributed by atoms with Crippen LogP contribution in [0.4, 0.5) is 5.69 Å². The van der Waals surface area contributed by atoms with E-state index in [0.717, 1.165) is 24.4 Å². The highest BCUT2D eigenvalue weighted by Crippen LogP contribution is 2.16. The summed E-state index contributed by atoms with van der Waals surface area (Å²) in [6, 6.07) is 18.4. The van der Waals surface area contributed by atoms with Gasteiger partial charge in [-0.15, -0.1) is 0 Å². The van der Waals surface area contributed by atoms with Gasteiger partial charge in [-0.1, -0.05) is 37.3 Å². The van der Waals surface area contributed by atoms with E-state index >= 15 is 0 Å². The first-order valence-electron chi connectivity index (χ1n) is 6.80. The van der Waals surface area contributed by atoms with Crippen molar-refractivity contribution in [2.75, 3.05) is 11.9 Å². The van der Waals surface area contributed by atoms with Crippen molar-refractivity contribution < 1.29 is 4.74 Å². The first-order valence-corrected chi connectivity index (χ1v) is 6.80. The Morgan fingerprint density at radius 1 is 1.05 bits per heavy atom. The summed E-state index contributed by atoms with van der Waals surface area (Å²) < 4.78 is 6.00. The standard InChI is InChI=1S/C17H21NO/c1-3-16(13-18-15-9-5-4-6-10-15)19-17-11-7-8-14(2)12-17/h4-12,16,18H,3,13H2,1-2H3. The molecule has 1 N–H and O–H groups in total. The van der Waals surface area contributed by atoms with E-state index in [2.05, 4.69) is 43.4 Å². The van der Waals surface area contributed by atoms with Crippen molar-refractivity contribution >= 4 is 5.69 Å². The summed E-state index contributed by atoms with van der Waals surface area (Å²) in [7, 11) is 0. The van der Waals surface area contributed by atoms with Crippen molar-refractivity contribution in [2.45, 2.75) is 26.4 Å². The average molecular weight is 255 g/mol. The summed E-state index contributed by atoms with van der Waals surface area (Å²) >= 11 is 0. The highest BCUT2D eigenvalue weighted by atomic mass is 16.5. The number of hydrogen-bond donors (Lipinski definition) is 1. The number of ether oxygens (including phenoxy) is 1. The Labute approximate surface area is 115 Å². The Morgan fingerprint density at radius 3 is 2.53 bits per heavy atom. The molecule has 1 unspecified atom stereocenters. The van der Waals surface area contributed by atoms with Gasteiger partial charge in [-0.25, -0.2) is 0 Å². The number of anilines is 1. The number of benzene rings is 2. The molecule has 1 atom stereocenters. The van der Waals surface area contributed by atoms with Gasteiger partial charge < -0.3 is 10.1 Å². The molecule has 2 aromatic rings. The van der Waals surface area contributed by atoms with Crippen LogP contribution in [0.15, 0.2) is 54.6 Å². The molecule has 0 aromatic heterocycles. The van der Waals surface area contributed by atoms with Crippen LogP contribution in [0.25, 0.3) is 0 Å². The highest BCUT2D eigenvalue weighted by molar-refractivity contribution is 5.42. The lowest BCUT2D eigenvalue weighted by molar-refractivity contribution is 0.210. The average Bonchev–Trinajstić information content (AvgIpc) is 2.44. The van der Waals surface area contributed by atoms with E-state index in [0.29, 0.717) is 0 Å². The third kappa shape index (κ3) is 4.32. The molecule has 0 saturated carbocycles. The minimum absolute atomic E-state index is 0.182. The monoisotopic (exact) mass is 255 g/mol. The van der Waals surface area contributed by atoms with Crippen LogP contribution >= 0.6 is 0 Å². The second kappa shape index (κ2) is 6.83. The van der Waals surface area contributed by atoms with E-state index < -0.39 is 0 Å². The predicted octanol–water partition coefficient (Wildman–Crippen LogP) is 4.26. The lowest BCUT2D eigenvalue weighted by Crippen LogP contribution is -2.25. The number of nitrogens with one attached hydrogen (secondary N) is 1. The van der Waals surface area contributed by atoms with Crippen LogP contribution in [0.5, 0.6) is 5.75 Å². The van der Waals surface area contributed by atoms with Crippen molar-refractivity contribution in [1.82, 2.24) is 0 Å². The van der Waals surface area contributed by atoms with Gasteiger partial charge in [0.15, 0.2) is 0 Å². The maximum absolute atomic E-state index is 6.00. The van der Waals surface area contributed by atoms with Crippen molar-refractivity contribution in [2.24, 2.45) is 0 Å². The molecule has 0 heterocycles. The molecule has 2 nitrogen and oxygen atoms in total. The van der Waals surface area contributed by atoms with Crippen LogP contribution < -0.4 is 10.1 Å². The van der Waals surface area contributed by atoms with Gasteiger partial charge >= 0.3 is 0 Å². The summed E-state index contributed by atoms with van der Waals surface area (Å²) in [5.74, 6) is 0.946. The molecule has 2 aromatic carbocycles. The third-order valence-electron chi connectivity index (χ3n) is 3.06. The zero-order valence-electron chi connectivity index (χ0n) is 11.6. The van der Waals surface area contributed by atoms with Crippen LogP contribution in [0.1, 0.15) is 18.9 Å². The minimum Gasteiger partial charge on any atom is -0.489 e. The molecule has 0 amide bonds. The number of rotatable bonds is 6. The normalized spacial score (nSPS) is 11.9. The Morgan fingerprint density at radius 2 is 1.84 bits per heavy atom. The second-order valence-corrected chi connectivity index (χ2v) is 4.71. The Bertz CT molecular complexity index is 496. The summed E-state index contributed by atoms with van der Waals surface area (Å²) in [5, 5.41) is 3.41. The van der Waals surface area contributed by atoms with E-state index in [9.17, 15) is 0 Å². The number of hydrogen-bond acceptors (Lipinski definition) is 2. The van der Waals surface area contributed by atoms with Gasteiger partial charge in [0.1, 0.15) is 11.9 Å². The van der Waals surface area contributed by atoms with Crippen molar-refractivity contribution in [1.29, 1.82) is 0 Å². The van der Waals surface area contributed by atoms with Crippen LogP contribution in [0.2, 0.25) is 0 Å². The van der Waals surface area contributed by atoms with Gasteiger partial charge in [0.05, 0.1) is 6.54 Å². The van der Waals surface area contributed by atoms with Gasteiger partial charge in [-0.3, -0.25) is 0 Å². The second-order valence-electron chi connectivity index (χ2n) is 4.71. The largest absolute Gasteiger partial charge is 0.489 e. The van der Waals surface area contributed by atoms with Crippen molar-refractivity contribution in [3.05, 3.63) is 60.2 Å². The molecule has 0 aliphatic rings. The molecule has 0 radical (unpaired) electrons. The first kappa shape index (κ1) is 13.5. The first-order chi connectivity index (χ1) is 9.28. The molecule has 2 heteroatoms. The lowest BCUT2D eigenvalue weighted by atomic mass is 10.2. The van der Waals surface area contributed by atoms with Crippen LogP contribution in [0.3, 0.4) is 0 Å². The van der Waals surface area contributed by atoms with Gasteiger partial charge in [0.2, 0.25) is 0 Å². The SMILES string of the molecule is CCC(CNc1ccccc1)Oc1cccc(C)c1. The van der Waals surface area contributed by atoms with Gasteiger partial charge in [-0.05, 0) is 43.2 Å². The van der Waals surface area contributed by atoms with Crippen molar-refractivity contribution in [3.8, 4) is 5.75 Å². The summed E-state index contributed by atoms with van der Waals surface area (Å²) in [6.45, 7) is 5.04. The summed E-state index contributed by atoms with van der Waals surface area (Å²) in [5.41, 5.74) is 2.36. The zero-order chi connectivity index (χ0) is 13.5. The van der Waals surface area contributed by atoms with E-state index in [1.54, 1.807) is 0 Å². The fourth-order valence-corrected chi connectivity index (χ4v) is 1.94. The molecule has 0 bridgehead atoms. The molecule has 0 saturated heterocycles. The smallest absolute Gasteiger partial charge is 0.120 e. The van der Waals surface area contributed by atoms with Crippen molar-refractivity contribution in [3.63, 3.8) is 0 Å². The van der Waals surface area contributed by atoms with E-state index in [-0.39, 0.29) is 6.10 Å². The molecule has 100 valence electrons. The quantitative estimate of drug-likeness (QED) is 0.832. The molecule has 0 aliphatic carbocycles. The third-order valence-corrected chi connectivity index (χ3v) is 3.06. The molecule has 2 rings (SSSR count). The zero-order valence-corrected chi connectivity index (χ0v) is 11.6. The number of aryl methyl sites for hydroxylation is 1. The van der Waals surface area contributed by atoms with Gasteiger partial charge in [-0.2, -0.15) is 0 Å². The van der Waals surface area contributed by atoms with Crippen LogP contribution in [-0.2, 0) is 0 Å². The van der Waals surface area contributed by atoms with Crippen LogP contribution in [0, 0.1) is 6.92 Å². The van der Waals surface area contributed by atoms with E-state index in [1.165, 1.54) is 5.56 Å². The number of para-hydroxylation sites is 1. The van der Waals surface area contributed by atoms with Gasteiger partial charge in [0.25, 0.3) is 0 Å². The Balaban J connectivity index is 1.90. The fourth-order valence-electron chi connectivity index (χ4n) is 1.94. The molecule has 0 spiro atoms. The van der Waals surface area contributed by atoms with E-state index in [4.69, 9.17) is 4.74 Å². The molecule has 0 aliphatic heterocycles. The van der Waals surface area contributed by atoms with Gasteiger partial charge in [0, 0.05) is 5.69 Å². The summed E-state index contributed by atoms with van der Waals surface area (Å²) in [4.78, 5) is 0. The minimum atomic E-state index is 0.182. The topological polar surface area (TPSA) is 21.3 Å². The highest BCUT2D eigenvalue weighted by Gasteiger charge is 2.07. The predicted molar refractivity (Wildman–Crippen MR) is 80.8 cm³/mol. The maximum atomic E-state index is 6.00. The molecule has 19 heavy (non-hydrogen) atoms. The van der Waals surface area contributed by atoms with E-state index in [1.807, 2.05) is 30.3 Å². The van der Waals surface area contributed by atoms with Crippen LogP contribution in [-0.4, -0.2) is 12.6 Å². The molecular formula is C17H21NO. The fraction of sp³-hybridized carbons (Fsp3) is 0.294. The Hall–Kier alpha value is -1.96. The maximum Gasteiger partial charge on any atom is 0.120 e.